The lowest BCUT2D eigenvalue weighted by Gasteiger charge is -2.10. The van der Waals surface area contributed by atoms with E-state index in [2.05, 4.69) is 15.5 Å². The molecule has 1 amide bonds. The Morgan fingerprint density at radius 1 is 1.07 bits per heavy atom. The van der Waals surface area contributed by atoms with Crippen molar-refractivity contribution in [1.82, 2.24) is 15.5 Å². The monoisotopic (exact) mass is 429 g/mol. The van der Waals surface area contributed by atoms with E-state index in [-0.39, 0.29) is 18.5 Å². The SMILES string of the molecule is COc1ccc(CNC(=O)CSc2nnc(-c3ccc4c(c3)OCO4)o2)cc1OC. The number of fused-ring (bicyclic) bond motifs is 1. The highest BCUT2D eigenvalue weighted by Crippen LogP contribution is 2.36. The standard InChI is InChI=1S/C20H19N3O6S/c1-25-14-5-3-12(7-16(14)26-2)9-21-18(24)10-30-20-23-22-19(29-20)13-4-6-15-17(8-13)28-11-27-15/h3-8H,9-11H2,1-2H3,(H,21,24). The van der Waals surface area contributed by atoms with Gasteiger partial charge in [-0.1, -0.05) is 17.8 Å². The van der Waals surface area contributed by atoms with Gasteiger partial charge in [0.15, 0.2) is 23.0 Å². The maximum Gasteiger partial charge on any atom is 0.277 e. The maximum atomic E-state index is 12.2. The summed E-state index contributed by atoms with van der Waals surface area (Å²) in [7, 11) is 3.14. The van der Waals surface area contributed by atoms with E-state index in [1.807, 2.05) is 18.2 Å². The number of thioether (sulfide) groups is 1. The van der Waals surface area contributed by atoms with Gasteiger partial charge in [0.1, 0.15) is 0 Å². The van der Waals surface area contributed by atoms with Gasteiger partial charge < -0.3 is 28.7 Å². The van der Waals surface area contributed by atoms with Crippen molar-refractivity contribution in [2.75, 3.05) is 26.8 Å². The zero-order valence-electron chi connectivity index (χ0n) is 16.3. The fourth-order valence-electron chi connectivity index (χ4n) is 2.78. The molecule has 4 rings (SSSR count). The van der Waals surface area contributed by atoms with Crippen LogP contribution in [0, 0.1) is 0 Å². The van der Waals surface area contributed by atoms with Crippen LogP contribution in [0.15, 0.2) is 46.0 Å². The van der Waals surface area contributed by atoms with Gasteiger partial charge in [0.05, 0.1) is 20.0 Å². The Kier molecular flexibility index (Phi) is 5.94. The minimum atomic E-state index is -0.155. The van der Waals surface area contributed by atoms with Crippen LogP contribution >= 0.6 is 11.8 Å². The molecule has 0 unspecified atom stereocenters. The second-order valence-corrected chi connectivity index (χ2v) is 7.12. The molecule has 9 nitrogen and oxygen atoms in total. The summed E-state index contributed by atoms with van der Waals surface area (Å²) in [6.45, 7) is 0.564. The van der Waals surface area contributed by atoms with E-state index < -0.39 is 0 Å². The molecule has 1 aliphatic rings. The molecule has 0 aliphatic carbocycles. The lowest BCUT2D eigenvalue weighted by Crippen LogP contribution is -2.24. The maximum absolute atomic E-state index is 12.2. The van der Waals surface area contributed by atoms with E-state index >= 15 is 0 Å². The third-order valence-corrected chi connectivity index (χ3v) is 5.11. The van der Waals surface area contributed by atoms with Crippen LogP contribution < -0.4 is 24.3 Å². The van der Waals surface area contributed by atoms with Crippen molar-refractivity contribution in [3.8, 4) is 34.5 Å². The molecule has 1 aromatic heterocycles. The number of nitrogens with one attached hydrogen (secondary N) is 1. The lowest BCUT2D eigenvalue weighted by molar-refractivity contribution is -0.118. The minimum absolute atomic E-state index is 0.149. The molecule has 0 saturated heterocycles. The summed E-state index contributed by atoms with van der Waals surface area (Å²) in [5, 5.41) is 11.2. The molecule has 1 N–H and O–H groups in total. The summed E-state index contributed by atoms with van der Waals surface area (Å²) >= 11 is 1.17. The second-order valence-electron chi connectivity index (χ2n) is 6.20. The Hall–Kier alpha value is -3.40. The Morgan fingerprint density at radius 3 is 2.73 bits per heavy atom. The first-order chi connectivity index (χ1) is 14.7. The number of methoxy groups -OCH3 is 2. The van der Waals surface area contributed by atoms with Gasteiger partial charge in [-0.05, 0) is 35.9 Å². The highest BCUT2D eigenvalue weighted by atomic mass is 32.2. The summed E-state index contributed by atoms with van der Waals surface area (Å²) in [6, 6.07) is 10.9. The largest absolute Gasteiger partial charge is 0.493 e. The average molecular weight is 429 g/mol. The van der Waals surface area contributed by atoms with E-state index in [4.69, 9.17) is 23.4 Å². The Bertz CT molecular complexity index is 1050. The number of benzene rings is 2. The molecule has 10 heteroatoms. The highest BCUT2D eigenvalue weighted by Gasteiger charge is 2.17. The van der Waals surface area contributed by atoms with Crippen molar-refractivity contribution in [2.45, 2.75) is 11.8 Å². The molecule has 156 valence electrons. The van der Waals surface area contributed by atoms with E-state index in [0.717, 1.165) is 11.1 Å². The van der Waals surface area contributed by atoms with Crippen molar-refractivity contribution in [3.63, 3.8) is 0 Å². The molecule has 3 aromatic rings. The predicted octanol–water partition coefficient (Wildman–Crippen LogP) is 2.89. The van der Waals surface area contributed by atoms with E-state index in [0.29, 0.717) is 40.7 Å². The van der Waals surface area contributed by atoms with Crippen molar-refractivity contribution < 1.29 is 28.2 Å². The quantitative estimate of drug-likeness (QED) is 0.541. The van der Waals surface area contributed by atoms with Crippen molar-refractivity contribution in [1.29, 1.82) is 0 Å². The molecule has 30 heavy (non-hydrogen) atoms. The fraction of sp³-hybridized carbons (Fsp3) is 0.250. The van der Waals surface area contributed by atoms with Crippen LogP contribution in [0.2, 0.25) is 0 Å². The molecule has 0 fully saturated rings. The van der Waals surface area contributed by atoms with Gasteiger partial charge in [-0.25, -0.2) is 0 Å². The van der Waals surface area contributed by atoms with Crippen LogP contribution in [-0.4, -0.2) is 42.9 Å². The van der Waals surface area contributed by atoms with Gasteiger partial charge in [0.25, 0.3) is 5.22 Å². The zero-order chi connectivity index (χ0) is 20.9. The van der Waals surface area contributed by atoms with Gasteiger partial charge in [-0.3, -0.25) is 4.79 Å². The molecule has 2 heterocycles. The molecule has 0 bridgehead atoms. The summed E-state index contributed by atoms with van der Waals surface area (Å²) in [6.07, 6.45) is 0. The van der Waals surface area contributed by atoms with Crippen LogP contribution in [0.25, 0.3) is 11.5 Å². The number of carbonyl (C=O) groups is 1. The van der Waals surface area contributed by atoms with Crippen molar-refractivity contribution >= 4 is 17.7 Å². The number of hydrogen-bond acceptors (Lipinski definition) is 9. The highest BCUT2D eigenvalue weighted by molar-refractivity contribution is 7.99. The molecular weight excluding hydrogens is 410 g/mol. The second kappa shape index (κ2) is 8.95. The first-order valence-electron chi connectivity index (χ1n) is 9.00. The van der Waals surface area contributed by atoms with Gasteiger partial charge >= 0.3 is 0 Å². The number of aromatic nitrogens is 2. The van der Waals surface area contributed by atoms with Crippen LogP contribution in [0.4, 0.5) is 0 Å². The van der Waals surface area contributed by atoms with Crippen LogP contribution in [0.5, 0.6) is 23.0 Å². The van der Waals surface area contributed by atoms with Gasteiger partial charge in [-0.15, -0.1) is 10.2 Å². The summed E-state index contributed by atoms with van der Waals surface area (Å²) < 4.78 is 26.7. The first kappa shape index (κ1) is 19.9. The molecular formula is C20H19N3O6S. The number of rotatable bonds is 8. The number of hydrogen-bond donors (Lipinski definition) is 1. The Labute approximate surface area is 176 Å². The minimum Gasteiger partial charge on any atom is -0.493 e. The van der Waals surface area contributed by atoms with Gasteiger partial charge in [-0.2, -0.15) is 0 Å². The van der Waals surface area contributed by atoms with Crippen LogP contribution in [0.3, 0.4) is 0 Å². The van der Waals surface area contributed by atoms with Crippen LogP contribution in [-0.2, 0) is 11.3 Å². The summed E-state index contributed by atoms with van der Waals surface area (Å²) in [5.41, 5.74) is 1.62. The van der Waals surface area contributed by atoms with Crippen LogP contribution in [0.1, 0.15) is 5.56 Å². The smallest absolute Gasteiger partial charge is 0.277 e. The van der Waals surface area contributed by atoms with Gasteiger partial charge in [0.2, 0.25) is 18.6 Å². The number of carbonyl (C=O) groups excluding carboxylic acids is 1. The summed E-state index contributed by atoms with van der Waals surface area (Å²) in [4.78, 5) is 12.2. The summed E-state index contributed by atoms with van der Waals surface area (Å²) in [5.74, 6) is 2.90. The van der Waals surface area contributed by atoms with E-state index in [1.165, 1.54) is 11.8 Å². The molecule has 1 aliphatic heterocycles. The first-order valence-corrected chi connectivity index (χ1v) is 9.99. The predicted molar refractivity (Wildman–Crippen MR) is 108 cm³/mol. The Morgan fingerprint density at radius 2 is 1.90 bits per heavy atom. The number of amides is 1. The molecule has 0 spiro atoms. The molecule has 2 aromatic carbocycles. The van der Waals surface area contributed by atoms with Crippen molar-refractivity contribution in [2.24, 2.45) is 0 Å². The number of nitrogens with zero attached hydrogens (tertiary/aromatic N) is 2. The number of ether oxygens (including phenoxy) is 4. The van der Waals surface area contributed by atoms with Gasteiger partial charge in [0, 0.05) is 12.1 Å². The average Bonchev–Trinajstić information content (AvgIpc) is 3.44. The normalized spacial score (nSPS) is 11.9. The molecule has 0 radical (unpaired) electrons. The molecule has 0 saturated carbocycles. The third-order valence-electron chi connectivity index (χ3n) is 4.29. The molecule has 0 atom stereocenters. The topological polar surface area (TPSA) is 105 Å². The van der Waals surface area contributed by atoms with Crippen molar-refractivity contribution in [3.05, 3.63) is 42.0 Å². The van der Waals surface area contributed by atoms with E-state index in [9.17, 15) is 4.79 Å². The fourth-order valence-corrected chi connectivity index (χ4v) is 3.38. The van der Waals surface area contributed by atoms with E-state index in [1.54, 1.807) is 32.4 Å². The zero-order valence-corrected chi connectivity index (χ0v) is 17.2. The third kappa shape index (κ3) is 4.43. The Balaban J connectivity index is 1.29. The lowest BCUT2D eigenvalue weighted by atomic mass is 10.2.